The van der Waals surface area contributed by atoms with Crippen molar-refractivity contribution in [3.63, 3.8) is 0 Å². The van der Waals surface area contributed by atoms with Crippen LogP contribution in [0.1, 0.15) is 21.5 Å². The third-order valence-corrected chi connectivity index (χ3v) is 5.69. The zero-order chi connectivity index (χ0) is 23.7. The van der Waals surface area contributed by atoms with E-state index in [1.54, 1.807) is 25.1 Å². The number of sulfonamides is 1. The number of amides is 3. The Morgan fingerprint density at radius 2 is 1.78 bits per heavy atom. The molecule has 0 spiro atoms. The molecule has 3 amide bonds. The Kier molecular flexibility index (Phi) is 8.73. The number of urea groups is 1. The number of rotatable bonds is 9. The van der Waals surface area contributed by atoms with Crippen LogP contribution in [0.2, 0.25) is 0 Å². The van der Waals surface area contributed by atoms with Crippen LogP contribution in [0, 0.1) is 13.8 Å². The van der Waals surface area contributed by atoms with E-state index in [0.717, 1.165) is 5.56 Å². The third-order valence-electron chi connectivity index (χ3n) is 4.16. The number of imide groups is 1. The number of hydrogen-bond donors (Lipinski definition) is 3. The molecule has 0 aliphatic rings. The van der Waals surface area contributed by atoms with Gasteiger partial charge in [0.1, 0.15) is 0 Å². The fraction of sp³-hybridized carbons (Fsp3) is 0.286. The Bertz CT molecular complexity index is 1100. The molecule has 0 atom stereocenters. The second-order valence-corrected chi connectivity index (χ2v) is 8.48. The fourth-order valence-electron chi connectivity index (χ4n) is 2.62. The number of nitrogens with one attached hydrogen (secondary N) is 3. The maximum atomic E-state index is 12.8. The second-order valence-electron chi connectivity index (χ2n) is 6.83. The first-order valence-corrected chi connectivity index (χ1v) is 11.0. The van der Waals surface area contributed by atoms with Crippen molar-refractivity contribution >= 4 is 33.6 Å². The van der Waals surface area contributed by atoms with E-state index in [0.29, 0.717) is 11.3 Å². The van der Waals surface area contributed by atoms with Gasteiger partial charge in [-0.05, 0) is 49.2 Å². The number of esters is 1. The van der Waals surface area contributed by atoms with Crippen molar-refractivity contribution in [2.24, 2.45) is 0 Å². The van der Waals surface area contributed by atoms with Crippen LogP contribution >= 0.6 is 0 Å². The summed E-state index contributed by atoms with van der Waals surface area (Å²) in [7, 11) is -2.51. The summed E-state index contributed by atoms with van der Waals surface area (Å²) in [5, 5.41) is 4.37. The molecule has 0 radical (unpaired) electrons. The zero-order valence-corrected chi connectivity index (χ0v) is 18.7. The molecule has 0 bridgehead atoms. The van der Waals surface area contributed by atoms with Crippen molar-refractivity contribution in [3.8, 4) is 0 Å². The van der Waals surface area contributed by atoms with Gasteiger partial charge >= 0.3 is 12.0 Å². The van der Waals surface area contributed by atoms with Gasteiger partial charge in [-0.1, -0.05) is 18.2 Å². The number of hydrogen-bond acceptors (Lipinski definition) is 7. The minimum absolute atomic E-state index is 0.0578. The van der Waals surface area contributed by atoms with E-state index in [2.05, 4.69) is 10.0 Å². The van der Waals surface area contributed by atoms with Crippen molar-refractivity contribution in [1.82, 2.24) is 10.6 Å². The van der Waals surface area contributed by atoms with E-state index in [9.17, 15) is 22.8 Å². The first-order chi connectivity index (χ1) is 15.1. The molecule has 2 rings (SSSR count). The summed E-state index contributed by atoms with van der Waals surface area (Å²) in [6, 6.07) is 10.1. The van der Waals surface area contributed by atoms with Gasteiger partial charge in [-0.25, -0.2) is 18.0 Å². The highest BCUT2D eigenvalue weighted by Gasteiger charge is 2.20. The highest BCUT2D eigenvalue weighted by Crippen LogP contribution is 2.21. The Balaban J connectivity index is 2.04. The van der Waals surface area contributed by atoms with Gasteiger partial charge in [0.15, 0.2) is 6.61 Å². The van der Waals surface area contributed by atoms with Crippen LogP contribution in [-0.2, 0) is 24.3 Å². The minimum atomic E-state index is -3.98. The van der Waals surface area contributed by atoms with Crippen LogP contribution in [0.15, 0.2) is 47.4 Å². The first kappa shape index (κ1) is 24.8. The summed E-state index contributed by atoms with van der Waals surface area (Å²) >= 11 is 0. The van der Waals surface area contributed by atoms with E-state index in [4.69, 9.17) is 9.47 Å². The quantitative estimate of drug-likeness (QED) is 0.380. The van der Waals surface area contributed by atoms with Crippen LogP contribution in [0.3, 0.4) is 0 Å². The van der Waals surface area contributed by atoms with Gasteiger partial charge in [0, 0.05) is 19.3 Å². The minimum Gasteiger partial charge on any atom is -0.452 e. The SMILES string of the molecule is COCCNC(=O)NC(=O)COC(=O)c1ccc(C)c(S(=O)(=O)Nc2cccc(C)c2)c1. The maximum Gasteiger partial charge on any atom is 0.338 e. The Labute approximate surface area is 186 Å². The van der Waals surface area contributed by atoms with Gasteiger partial charge < -0.3 is 14.8 Å². The number of anilines is 1. The third kappa shape index (κ3) is 7.36. The molecule has 0 heterocycles. The zero-order valence-electron chi connectivity index (χ0n) is 17.9. The van der Waals surface area contributed by atoms with Crippen molar-refractivity contribution in [2.45, 2.75) is 18.7 Å². The van der Waals surface area contributed by atoms with Gasteiger partial charge in [0.25, 0.3) is 15.9 Å². The predicted molar refractivity (Wildman–Crippen MR) is 117 cm³/mol. The molecule has 172 valence electrons. The lowest BCUT2D eigenvalue weighted by molar-refractivity contribution is -0.123. The molecule has 0 aliphatic carbocycles. The molecule has 11 heteroatoms. The maximum absolute atomic E-state index is 12.8. The molecule has 0 aromatic heterocycles. The number of carbonyl (C=O) groups excluding carboxylic acids is 3. The van der Waals surface area contributed by atoms with Crippen molar-refractivity contribution < 1.29 is 32.3 Å². The number of ether oxygens (including phenoxy) is 2. The van der Waals surface area contributed by atoms with E-state index in [1.807, 2.05) is 18.3 Å². The molecule has 32 heavy (non-hydrogen) atoms. The summed E-state index contributed by atoms with van der Waals surface area (Å²) in [5.74, 6) is -1.75. The van der Waals surface area contributed by atoms with Crippen LogP contribution in [0.25, 0.3) is 0 Å². The summed E-state index contributed by atoms with van der Waals surface area (Å²) < 4.78 is 37.8. The number of methoxy groups -OCH3 is 1. The van der Waals surface area contributed by atoms with Gasteiger partial charge in [-0.3, -0.25) is 14.8 Å². The van der Waals surface area contributed by atoms with Crippen molar-refractivity contribution in [2.75, 3.05) is 31.6 Å². The lowest BCUT2D eigenvalue weighted by Gasteiger charge is -2.12. The number of aryl methyl sites for hydroxylation is 2. The van der Waals surface area contributed by atoms with E-state index in [-0.39, 0.29) is 23.6 Å². The highest BCUT2D eigenvalue weighted by molar-refractivity contribution is 7.92. The normalized spacial score (nSPS) is 10.8. The highest BCUT2D eigenvalue weighted by atomic mass is 32.2. The molecule has 3 N–H and O–H groups in total. The second kappa shape index (κ2) is 11.3. The molecule has 2 aromatic rings. The van der Waals surface area contributed by atoms with Crippen molar-refractivity contribution in [3.05, 3.63) is 59.2 Å². The molecule has 0 saturated carbocycles. The largest absolute Gasteiger partial charge is 0.452 e. The topological polar surface area (TPSA) is 140 Å². The van der Waals surface area contributed by atoms with Crippen LogP contribution in [-0.4, -0.2) is 53.2 Å². The summed E-state index contributed by atoms with van der Waals surface area (Å²) in [6.07, 6.45) is 0. The monoisotopic (exact) mass is 463 g/mol. The van der Waals surface area contributed by atoms with E-state index < -0.39 is 34.5 Å². The van der Waals surface area contributed by atoms with Gasteiger partial charge in [-0.15, -0.1) is 0 Å². The van der Waals surface area contributed by atoms with E-state index in [1.165, 1.54) is 25.3 Å². The average Bonchev–Trinajstić information content (AvgIpc) is 2.72. The molecule has 0 aliphatic heterocycles. The van der Waals surface area contributed by atoms with Gasteiger partial charge in [0.2, 0.25) is 0 Å². The van der Waals surface area contributed by atoms with Crippen molar-refractivity contribution in [1.29, 1.82) is 0 Å². The van der Waals surface area contributed by atoms with Crippen LogP contribution in [0.4, 0.5) is 10.5 Å². The molecule has 0 unspecified atom stereocenters. The molecular formula is C21H25N3O7S. The lowest BCUT2D eigenvalue weighted by Crippen LogP contribution is -2.42. The van der Waals surface area contributed by atoms with Gasteiger partial charge in [-0.2, -0.15) is 0 Å². The summed E-state index contributed by atoms with van der Waals surface area (Å²) in [6.45, 7) is 3.18. The fourth-order valence-corrected chi connectivity index (χ4v) is 3.94. The standard InChI is InChI=1S/C21H25N3O7S/c1-14-5-4-6-17(11-14)24-32(28,29)18-12-16(8-7-15(18)2)20(26)31-13-19(25)23-21(27)22-9-10-30-3/h4-8,11-12,24H,9-10,13H2,1-3H3,(H2,22,23,25,27). The smallest absolute Gasteiger partial charge is 0.338 e. The average molecular weight is 464 g/mol. The van der Waals surface area contributed by atoms with Crippen LogP contribution in [0.5, 0.6) is 0 Å². The Morgan fingerprint density at radius 3 is 2.47 bits per heavy atom. The molecular weight excluding hydrogens is 438 g/mol. The van der Waals surface area contributed by atoms with Crippen LogP contribution < -0.4 is 15.4 Å². The first-order valence-electron chi connectivity index (χ1n) is 9.56. The Morgan fingerprint density at radius 1 is 1.03 bits per heavy atom. The van der Waals surface area contributed by atoms with Gasteiger partial charge in [0.05, 0.1) is 17.1 Å². The Hall–Kier alpha value is -3.44. The number of benzene rings is 2. The van der Waals surface area contributed by atoms with E-state index >= 15 is 0 Å². The lowest BCUT2D eigenvalue weighted by atomic mass is 10.1. The summed E-state index contributed by atoms with van der Waals surface area (Å²) in [4.78, 5) is 35.4. The molecule has 10 nitrogen and oxygen atoms in total. The number of carbonyl (C=O) groups is 3. The molecule has 0 saturated heterocycles. The molecule has 2 aromatic carbocycles. The molecule has 0 fully saturated rings. The predicted octanol–water partition coefficient (Wildman–Crippen LogP) is 1.73. The summed E-state index contributed by atoms with van der Waals surface area (Å²) in [5.41, 5.74) is 1.63.